The van der Waals surface area contributed by atoms with Gasteiger partial charge in [-0.1, -0.05) is 6.07 Å². The van der Waals surface area contributed by atoms with E-state index in [4.69, 9.17) is 4.74 Å². The lowest BCUT2D eigenvalue weighted by molar-refractivity contribution is 0.0993. The molecule has 0 N–H and O–H groups in total. The minimum absolute atomic E-state index is 0.00782. The number of ketones is 1. The quantitative estimate of drug-likeness (QED) is 0.756. The second kappa shape index (κ2) is 6.66. The smallest absolute Gasteiger partial charge is 0.167 e. The summed E-state index contributed by atoms with van der Waals surface area (Å²) in [5, 5.41) is 0. The Balaban J connectivity index is 2.09. The molecular weight excluding hydrogens is 323 g/mol. The number of rotatable bonds is 5. The second-order valence-corrected chi connectivity index (χ2v) is 5.16. The summed E-state index contributed by atoms with van der Waals surface area (Å²) in [7, 11) is 0. The maximum atomic E-state index is 13.1. The molecule has 20 heavy (non-hydrogen) atoms. The summed E-state index contributed by atoms with van der Waals surface area (Å²) in [6.07, 6.45) is 0.243. The number of benzene rings is 2. The van der Waals surface area contributed by atoms with Crippen molar-refractivity contribution in [2.45, 2.75) is 13.3 Å². The van der Waals surface area contributed by atoms with E-state index in [2.05, 4.69) is 15.9 Å². The van der Waals surface area contributed by atoms with Crippen molar-refractivity contribution in [3.8, 4) is 5.75 Å². The third-order valence-electron chi connectivity index (χ3n) is 2.84. The third-order valence-corrected chi connectivity index (χ3v) is 3.44. The number of Topliss-reactive ketones (excluding diaryl/α,β-unsaturated/α-hetero) is 1. The van der Waals surface area contributed by atoms with E-state index in [0.29, 0.717) is 16.6 Å². The first-order valence-electron chi connectivity index (χ1n) is 6.30. The van der Waals surface area contributed by atoms with Crippen molar-refractivity contribution in [2.24, 2.45) is 0 Å². The Morgan fingerprint density at radius 2 is 1.90 bits per heavy atom. The molecule has 0 aliphatic heterocycles. The number of carbonyl (C=O) groups is 1. The van der Waals surface area contributed by atoms with Crippen LogP contribution in [0.2, 0.25) is 0 Å². The minimum atomic E-state index is -0.331. The van der Waals surface area contributed by atoms with E-state index in [-0.39, 0.29) is 18.0 Å². The van der Waals surface area contributed by atoms with Gasteiger partial charge in [-0.15, -0.1) is 0 Å². The van der Waals surface area contributed by atoms with E-state index in [1.54, 1.807) is 36.4 Å². The molecule has 0 radical (unpaired) electrons. The van der Waals surface area contributed by atoms with Crippen molar-refractivity contribution >= 4 is 21.7 Å². The van der Waals surface area contributed by atoms with E-state index in [1.165, 1.54) is 6.07 Å². The molecule has 0 aromatic heterocycles. The van der Waals surface area contributed by atoms with E-state index in [9.17, 15) is 9.18 Å². The summed E-state index contributed by atoms with van der Waals surface area (Å²) < 4.78 is 18.8. The average molecular weight is 337 g/mol. The highest BCUT2D eigenvalue weighted by Crippen LogP contribution is 2.19. The summed E-state index contributed by atoms with van der Waals surface area (Å²) in [5.41, 5.74) is 1.39. The highest BCUT2D eigenvalue weighted by Gasteiger charge is 2.09. The predicted octanol–water partition coefficient (Wildman–Crippen LogP) is 4.41. The van der Waals surface area contributed by atoms with Crippen LogP contribution >= 0.6 is 15.9 Å². The lowest BCUT2D eigenvalue weighted by atomic mass is 10.0. The molecule has 2 aromatic rings. The van der Waals surface area contributed by atoms with Crippen molar-refractivity contribution < 1.29 is 13.9 Å². The van der Waals surface area contributed by atoms with Gasteiger partial charge in [0.25, 0.3) is 0 Å². The Kier molecular flexibility index (Phi) is 4.90. The standard InChI is InChI=1S/C16H14BrFO2/c1-2-20-13-6-4-12(5-7-13)16(19)10-11-3-8-15(18)14(17)9-11/h3-9H,2,10H2,1H3. The molecule has 0 heterocycles. The largest absolute Gasteiger partial charge is 0.494 e. The molecule has 104 valence electrons. The monoisotopic (exact) mass is 336 g/mol. The zero-order chi connectivity index (χ0) is 14.5. The van der Waals surface area contributed by atoms with Crippen LogP contribution in [0, 0.1) is 5.82 Å². The van der Waals surface area contributed by atoms with Crippen LogP contribution < -0.4 is 4.74 Å². The predicted molar refractivity (Wildman–Crippen MR) is 79.7 cm³/mol. The summed E-state index contributed by atoms with van der Waals surface area (Å²) in [5.74, 6) is 0.405. The topological polar surface area (TPSA) is 26.3 Å². The molecule has 0 atom stereocenters. The first kappa shape index (κ1) is 14.7. The zero-order valence-corrected chi connectivity index (χ0v) is 12.6. The molecule has 0 saturated heterocycles. The maximum Gasteiger partial charge on any atom is 0.167 e. The van der Waals surface area contributed by atoms with Gasteiger partial charge in [0.05, 0.1) is 11.1 Å². The van der Waals surface area contributed by atoms with E-state index in [1.807, 2.05) is 6.92 Å². The van der Waals surface area contributed by atoms with Crippen molar-refractivity contribution in [1.29, 1.82) is 0 Å². The molecule has 2 aromatic carbocycles. The van der Waals surface area contributed by atoms with Crippen molar-refractivity contribution in [1.82, 2.24) is 0 Å². The SMILES string of the molecule is CCOc1ccc(C(=O)Cc2ccc(F)c(Br)c2)cc1. The van der Waals surface area contributed by atoms with E-state index >= 15 is 0 Å². The van der Waals surface area contributed by atoms with Crippen LogP contribution in [0.25, 0.3) is 0 Å². The number of carbonyl (C=O) groups excluding carboxylic acids is 1. The first-order chi connectivity index (χ1) is 9.60. The highest BCUT2D eigenvalue weighted by molar-refractivity contribution is 9.10. The molecular formula is C16H14BrFO2. The molecule has 0 saturated carbocycles. The molecule has 2 rings (SSSR count). The van der Waals surface area contributed by atoms with Gasteiger partial charge in [-0.2, -0.15) is 0 Å². The minimum Gasteiger partial charge on any atom is -0.494 e. The highest BCUT2D eigenvalue weighted by atomic mass is 79.9. The van der Waals surface area contributed by atoms with Gasteiger partial charge < -0.3 is 4.74 Å². The summed E-state index contributed by atoms with van der Waals surface area (Å²) in [6.45, 7) is 2.50. The van der Waals surface area contributed by atoms with Crippen LogP contribution in [0.15, 0.2) is 46.9 Å². The zero-order valence-electron chi connectivity index (χ0n) is 11.0. The Morgan fingerprint density at radius 1 is 1.20 bits per heavy atom. The van der Waals surface area contributed by atoms with Gasteiger partial charge in [0.1, 0.15) is 11.6 Å². The maximum absolute atomic E-state index is 13.1. The van der Waals surface area contributed by atoms with Crippen LogP contribution in [0.1, 0.15) is 22.8 Å². The second-order valence-electron chi connectivity index (χ2n) is 4.31. The van der Waals surface area contributed by atoms with Crippen molar-refractivity contribution in [3.63, 3.8) is 0 Å². The van der Waals surface area contributed by atoms with E-state index < -0.39 is 0 Å². The molecule has 0 aliphatic rings. The van der Waals surface area contributed by atoms with Crippen LogP contribution in [-0.2, 0) is 6.42 Å². The molecule has 0 amide bonds. The van der Waals surface area contributed by atoms with Crippen LogP contribution in [0.3, 0.4) is 0 Å². The molecule has 0 unspecified atom stereocenters. The first-order valence-corrected chi connectivity index (χ1v) is 7.09. The molecule has 0 bridgehead atoms. The van der Waals surface area contributed by atoms with Gasteiger partial charge in [0.2, 0.25) is 0 Å². The van der Waals surface area contributed by atoms with Crippen LogP contribution in [-0.4, -0.2) is 12.4 Å². The summed E-state index contributed by atoms with van der Waals surface area (Å²) in [4.78, 5) is 12.1. The number of hydrogen-bond donors (Lipinski definition) is 0. The Labute approximate surface area is 125 Å². The van der Waals surface area contributed by atoms with Gasteiger partial charge in [0.15, 0.2) is 5.78 Å². The summed E-state index contributed by atoms with van der Waals surface area (Å²) >= 11 is 3.12. The number of hydrogen-bond acceptors (Lipinski definition) is 2. The normalized spacial score (nSPS) is 10.3. The van der Waals surface area contributed by atoms with Gasteiger partial charge >= 0.3 is 0 Å². The molecule has 0 fully saturated rings. The number of halogens is 2. The lowest BCUT2D eigenvalue weighted by Crippen LogP contribution is -2.04. The lowest BCUT2D eigenvalue weighted by Gasteiger charge is -2.05. The Hall–Kier alpha value is -1.68. The molecule has 2 nitrogen and oxygen atoms in total. The van der Waals surface area contributed by atoms with Gasteiger partial charge in [-0.25, -0.2) is 4.39 Å². The summed E-state index contributed by atoms with van der Waals surface area (Å²) in [6, 6.07) is 11.6. The van der Waals surface area contributed by atoms with E-state index in [0.717, 1.165) is 11.3 Å². The van der Waals surface area contributed by atoms with Crippen molar-refractivity contribution in [2.75, 3.05) is 6.61 Å². The third kappa shape index (κ3) is 3.67. The fourth-order valence-corrected chi connectivity index (χ4v) is 2.27. The Bertz CT molecular complexity index is 608. The fraction of sp³-hybridized carbons (Fsp3) is 0.188. The van der Waals surface area contributed by atoms with Crippen LogP contribution in [0.4, 0.5) is 4.39 Å². The van der Waals surface area contributed by atoms with Gasteiger partial charge in [-0.3, -0.25) is 4.79 Å². The number of ether oxygens (including phenoxy) is 1. The molecule has 4 heteroatoms. The fourth-order valence-electron chi connectivity index (χ4n) is 1.84. The molecule has 0 aliphatic carbocycles. The average Bonchev–Trinajstić information content (AvgIpc) is 2.44. The van der Waals surface area contributed by atoms with Gasteiger partial charge in [0, 0.05) is 12.0 Å². The molecule has 0 spiro atoms. The van der Waals surface area contributed by atoms with Crippen LogP contribution in [0.5, 0.6) is 5.75 Å². The van der Waals surface area contributed by atoms with Crippen molar-refractivity contribution in [3.05, 3.63) is 63.9 Å². The Morgan fingerprint density at radius 3 is 2.50 bits per heavy atom. The van der Waals surface area contributed by atoms with Gasteiger partial charge in [-0.05, 0) is 64.8 Å².